The Kier molecular flexibility index (Phi) is 4.48. The number of halogens is 2. The molecule has 5 heteroatoms. The van der Waals surface area contributed by atoms with E-state index in [0.717, 1.165) is 17.5 Å². The molecule has 1 aliphatic rings. The van der Waals surface area contributed by atoms with Crippen molar-refractivity contribution >= 4 is 23.2 Å². The number of hydrogen-bond donors (Lipinski definition) is 2. The Balaban J connectivity index is 2.04. The molecule has 2 aromatic rings. The molecule has 0 aromatic heterocycles. The monoisotopic (exact) mass is 322 g/mol. The van der Waals surface area contributed by atoms with Crippen LogP contribution >= 0.6 is 23.2 Å². The second-order valence-electron chi connectivity index (χ2n) is 5.03. The second kappa shape index (κ2) is 6.34. The van der Waals surface area contributed by atoms with Gasteiger partial charge in [-0.05, 0) is 29.2 Å². The zero-order valence-corrected chi connectivity index (χ0v) is 12.9. The summed E-state index contributed by atoms with van der Waals surface area (Å²) in [7, 11) is 0. The third-order valence-electron chi connectivity index (χ3n) is 3.83. The summed E-state index contributed by atoms with van der Waals surface area (Å²) >= 11 is 12.4. The first kappa shape index (κ1) is 14.8. The lowest BCUT2D eigenvalue weighted by atomic mass is 9.90. The fourth-order valence-corrected chi connectivity index (χ4v) is 3.23. The smallest absolute Gasteiger partial charge is 0.104 e. The molecule has 3 rings (SSSR count). The number of nitrogens with two attached hydrogens (primary N) is 1. The molecule has 2 aromatic carbocycles. The first-order valence-corrected chi connectivity index (χ1v) is 7.57. The van der Waals surface area contributed by atoms with E-state index < -0.39 is 0 Å². The topological polar surface area (TPSA) is 47.3 Å². The predicted molar refractivity (Wildman–Crippen MR) is 85.4 cm³/mol. The normalized spacial score (nSPS) is 19.1. The Morgan fingerprint density at radius 3 is 2.76 bits per heavy atom. The first-order valence-electron chi connectivity index (χ1n) is 6.82. The number of hydrazine groups is 1. The largest absolute Gasteiger partial charge is 0.371 e. The SMILES string of the molecule is NNC(c1cccc(Cl)c1Cl)C1OCCc2ccccc21. The van der Waals surface area contributed by atoms with Crippen molar-refractivity contribution in [3.05, 3.63) is 69.2 Å². The Morgan fingerprint density at radius 1 is 1.14 bits per heavy atom. The van der Waals surface area contributed by atoms with Crippen molar-refractivity contribution in [2.24, 2.45) is 5.84 Å². The third kappa shape index (κ3) is 2.80. The zero-order chi connectivity index (χ0) is 14.8. The molecule has 0 spiro atoms. The summed E-state index contributed by atoms with van der Waals surface area (Å²) in [5, 5.41) is 1.02. The van der Waals surface area contributed by atoms with Crippen LogP contribution < -0.4 is 11.3 Å². The molecule has 2 unspecified atom stereocenters. The summed E-state index contributed by atoms with van der Waals surface area (Å²) < 4.78 is 5.96. The quantitative estimate of drug-likeness (QED) is 0.667. The molecule has 21 heavy (non-hydrogen) atoms. The lowest BCUT2D eigenvalue weighted by Gasteiger charge is -2.33. The number of rotatable bonds is 3. The highest BCUT2D eigenvalue weighted by molar-refractivity contribution is 6.42. The first-order chi connectivity index (χ1) is 10.2. The van der Waals surface area contributed by atoms with Crippen molar-refractivity contribution in [2.45, 2.75) is 18.6 Å². The van der Waals surface area contributed by atoms with E-state index in [1.807, 2.05) is 24.3 Å². The molecule has 0 amide bonds. The molecule has 0 saturated carbocycles. The molecular formula is C16H16Cl2N2O. The van der Waals surface area contributed by atoms with E-state index in [4.69, 9.17) is 33.8 Å². The van der Waals surface area contributed by atoms with Crippen LogP contribution in [0.2, 0.25) is 10.0 Å². The number of ether oxygens (including phenoxy) is 1. The van der Waals surface area contributed by atoms with Crippen LogP contribution in [0.15, 0.2) is 42.5 Å². The summed E-state index contributed by atoms with van der Waals surface area (Å²) in [4.78, 5) is 0. The molecule has 0 radical (unpaired) electrons. The van der Waals surface area contributed by atoms with E-state index in [1.54, 1.807) is 6.07 Å². The van der Waals surface area contributed by atoms with Crippen molar-refractivity contribution in [3.8, 4) is 0 Å². The van der Waals surface area contributed by atoms with Gasteiger partial charge in [-0.25, -0.2) is 5.43 Å². The molecule has 3 nitrogen and oxygen atoms in total. The van der Waals surface area contributed by atoms with Gasteiger partial charge in [0, 0.05) is 0 Å². The molecule has 0 aliphatic carbocycles. The average Bonchev–Trinajstić information content (AvgIpc) is 2.52. The highest BCUT2D eigenvalue weighted by Crippen LogP contribution is 2.40. The predicted octanol–water partition coefficient (Wildman–Crippen LogP) is 3.81. The maximum atomic E-state index is 6.33. The van der Waals surface area contributed by atoms with Gasteiger partial charge in [0.15, 0.2) is 0 Å². The van der Waals surface area contributed by atoms with Gasteiger partial charge in [0.05, 0.1) is 22.7 Å². The van der Waals surface area contributed by atoms with Gasteiger partial charge in [0.2, 0.25) is 0 Å². The van der Waals surface area contributed by atoms with Crippen LogP contribution in [0.25, 0.3) is 0 Å². The summed E-state index contributed by atoms with van der Waals surface area (Å²) in [6, 6.07) is 13.5. The molecule has 1 aliphatic heterocycles. The second-order valence-corrected chi connectivity index (χ2v) is 5.81. The molecular weight excluding hydrogens is 307 g/mol. The van der Waals surface area contributed by atoms with Crippen molar-refractivity contribution in [2.75, 3.05) is 6.61 Å². The minimum Gasteiger partial charge on any atom is -0.371 e. The van der Waals surface area contributed by atoms with Gasteiger partial charge in [-0.2, -0.15) is 0 Å². The number of nitrogens with one attached hydrogen (secondary N) is 1. The maximum Gasteiger partial charge on any atom is 0.104 e. The van der Waals surface area contributed by atoms with E-state index >= 15 is 0 Å². The van der Waals surface area contributed by atoms with Gasteiger partial charge >= 0.3 is 0 Å². The van der Waals surface area contributed by atoms with Crippen LogP contribution in [0.1, 0.15) is 28.8 Å². The van der Waals surface area contributed by atoms with E-state index in [0.29, 0.717) is 16.7 Å². The van der Waals surface area contributed by atoms with E-state index in [2.05, 4.69) is 17.6 Å². The molecule has 1 heterocycles. The van der Waals surface area contributed by atoms with Gasteiger partial charge in [0.25, 0.3) is 0 Å². The lowest BCUT2D eigenvalue weighted by Crippen LogP contribution is -2.36. The van der Waals surface area contributed by atoms with Crippen LogP contribution in [-0.4, -0.2) is 6.61 Å². The summed E-state index contributed by atoms with van der Waals surface area (Å²) in [6.07, 6.45) is 0.726. The summed E-state index contributed by atoms with van der Waals surface area (Å²) in [6.45, 7) is 0.665. The molecule has 0 fully saturated rings. The number of fused-ring (bicyclic) bond motifs is 1. The highest BCUT2D eigenvalue weighted by atomic mass is 35.5. The van der Waals surface area contributed by atoms with Crippen molar-refractivity contribution < 1.29 is 4.74 Å². The van der Waals surface area contributed by atoms with Crippen molar-refractivity contribution in [1.82, 2.24) is 5.43 Å². The minimum absolute atomic E-state index is 0.184. The van der Waals surface area contributed by atoms with Crippen molar-refractivity contribution in [1.29, 1.82) is 0 Å². The summed E-state index contributed by atoms with van der Waals surface area (Å²) in [5.74, 6) is 5.78. The van der Waals surface area contributed by atoms with Gasteiger partial charge in [-0.3, -0.25) is 5.84 Å². The minimum atomic E-state index is -0.252. The van der Waals surface area contributed by atoms with E-state index in [9.17, 15) is 0 Å². The van der Waals surface area contributed by atoms with Gasteiger partial charge in [0.1, 0.15) is 6.10 Å². The molecule has 110 valence electrons. The maximum absolute atomic E-state index is 6.33. The Labute approximate surface area is 134 Å². The van der Waals surface area contributed by atoms with Crippen molar-refractivity contribution in [3.63, 3.8) is 0 Å². The van der Waals surface area contributed by atoms with Gasteiger partial charge in [-0.15, -0.1) is 0 Å². The molecule has 3 N–H and O–H groups in total. The zero-order valence-electron chi connectivity index (χ0n) is 11.4. The number of hydrogen-bond acceptors (Lipinski definition) is 3. The Bertz CT molecular complexity index is 648. The lowest BCUT2D eigenvalue weighted by molar-refractivity contribution is 0.0147. The fourth-order valence-electron chi connectivity index (χ4n) is 2.80. The van der Waals surface area contributed by atoms with Crippen LogP contribution in [0.4, 0.5) is 0 Å². The van der Waals surface area contributed by atoms with Crippen LogP contribution in [0, 0.1) is 0 Å². The van der Waals surface area contributed by atoms with Gasteiger partial charge in [-0.1, -0.05) is 59.6 Å². The molecule has 0 saturated heterocycles. The molecule has 0 bridgehead atoms. The fraction of sp³-hybridized carbons (Fsp3) is 0.250. The average molecular weight is 323 g/mol. The van der Waals surface area contributed by atoms with E-state index in [-0.39, 0.29) is 12.1 Å². The highest BCUT2D eigenvalue weighted by Gasteiger charge is 2.30. The van der Waals surface area contributed by atoms with E-state index in [1.165, 1.54) is 5.56 Å². The number of benzene rings is 2. The Hall–Kier alpha value is -1.10. The third-order valence-corrected chi connectivity index (χ3v) is 4.66. The van der Waals surface area contributed by atoms with Gasteiger partial charge < -0.3 is 4.74 Å². The molecule has 2 atom stereocenters. The standard InChI is InChI=1S/C16H16Cl2N2O/c17-13-7-3-6-12(14(13)18)15(20-19)16-11-5-2-1-4-10(11)8-9-21-16/h1-7,15-16,20H,8-9,19H2. The summed E-state index contributed by atoms with van der Waals surface area (Å²) in [5.41, 5.74) is 6.10. The van der Waals surface area contributed by atoms with Crippen LogP contribution in [0.5, 0.6) is 0 Å². The Morgan fingerprint density at radius 2 is 1.95 bits per heavy atom. The van der Waals surface area contributed by atoms with Crippen LogP contribution in [-0.2, 0) is 11.2 Å². The van der Waals surface area contributed by atoms with Crippen LogP contribution in [0.3, 0.4) is 0 Å².